The Kier molecular flexibility index (Phi) is 6.99. The minimum Gasteiger partial charge on any atom is -0.503 e. The number of rotatable bonds is 5. The maximum atomic E-state index is 14.4. The summed E-state index contributed by atoms with van der Waals surface area (Å²) in [5, 5.41) is 14.6. The van der Waals surface area contributed by atoms with Gasteiger partial charge in [0, 0.05) is 37.1 Å². The molecule has 3 amide bonds. The van der Waals surface area contributed by atoms with E-state index in [9.17, 15) is 33.1 Å². The van der Waals surface area contributed by atoms with Gasteiger partial charge >= 0.3 is 0 Å². The fourth-order valence-corrected chi connectivity index (χ4v) is 6.19. The number of nitrogens with zero attached hydrogens (tertiary/aromatic N) is 4. The number of pyridine rings is 2. The third-order valence-electron chi connectivity index (χ3n) is 8.51. The van der Waals surface area contributed by atoms with E-state index in [4.69, 9.17) is 4.84 Å². The first-order valence-corrected chi connectivity index (χ1v) is 13.9. The van der Waals surface area contributed by atoms with E-state index in [2.05, 4.69) is 10.3 Å². The summed E-state index contributed by atoms with van der Waals surface area (Å²) >= 11 is 0. The van der Waals surface area contributed by atoms with Gasteiger partial charge in [0.15, 0.2) is 11.4 Å². The van der Waals surface area contributed by atoms with E-state index in [1.54, 1.807) is 24.4 Å². The van der Waals surface area contributed by atoms with Gasteiger partial charge in [0.25, 0.3) is 11.8 Å². The molecule has 3 aliphatic heterocycles. The fourth-order valence-electron chi connectivity index (χ4n) is 6.19. The summed E-state index contributed by atoms with van der Waals surface area (Å²) in [6.07, 6.45) is 3.56. The van der Waals surface area contributed by atoms with Crippen LogP contribution >= 0.6 is 0 Å². The fraction of sp³-hybridized carbons (Fsp3) is 0.367. The summed E-state index contributed by atoms with van der Waals surface area (Å²) in [4.78, 5) is 65.3. The number of carbonyl (C=O) groups excluding carboxylic acids is 3. The summed E-state index contributed by atoms with van der Waals surface area (Å²) in [5.74, 6) is -4.54. The number of carbonyl (C=O) groups is 3. The number of aromatic hydroxyl groups is 1. The highest BCUT2D eigenvalue weighted by molar-refractivity contribution is 5.99. The maximum Gasteiger partial charge on any atom is 0.274 e. The highest BCUT2D eigenvalue weighted by atomic mass is 19.1. The third-order valence-corrected chi connectivity index (χ3v) is 8.51. The van der Waals surface area contributed by atoms with E-state index < -0.39 is 63.9 Å². The van der Waals surface area contributed by atoms with Crippen molar-refractivity contribution >= 4 is 17.7 Å². The van der Waals surface area contributed by atoms with E-state index in [0.717, 1.165) is 18.3 Å². The molecular formula is C30H29F2N5O6. The molecule has 0 unspecified atom stereocenters. The van der Waals surface area contributed by atoms with Gasteiger partial charge in [0.2, 0.25) is 11.3 Å². The Hall–Kier alpha value is -4.65. The standard InChI is InChI=1S/C30H29F2N5O6/c1-16-9-21(31)19(22(32)10-16)12-34-28(41)20-14-36-23-15-35(29(42)25(36)27(40)26(20)39)17(2)6-7-30(23)11-24(38)37(43-30)13-18-5-3-4-8-33-18/h3-5,8-10,14,17,23,40H,6-7,11-13,15H2,1-2H3,(H,34,41)/t17-,23+,30-/m0/s1. The minimum atomic E-state index is -1.16. The van der Waals surface area contributed by atoms with Crippen molar-refractivity contribution in [2.24, 2.45) is 0 Å². The number of halogens is 2. The van der Waals surface area contributed by atoms with Crippen LogP contribution < -0.4 is 10.7 Å². The molecule has 13 heteroatoms. The van der Waals surface area contributed by atoms with Crippen LogP contribution in [0.5, 0.6) is 5.75 Å². The Morgan fingerprint density at radius 1 is 1.21 bits per heavy atom. The zero-order chi connectivity index (χ0) is 30.6. The summed E-state index contributed by atoms with van der Waals surface area (Å²) in [6, 6.07) is 6.50. The van der Waals surface area contributed by atoms with Gasteiger partial charge in [-0.15, -0.1) is 0 Å². The minimum absolute atomic E-state index is 0.0426. The van der Waals surface area contributed by atoms with Crippen molar-refractivity contribution in [2.45, 2.75) is 63.9 Å². The van der Waals surface area contributed by atoms with Crippen LogP contribution in [-0.2, 0) is 22.7 Å². The molecule has 224 valence electrons. The molecule has 5 heterocycles. The van der Waals surface area contributed by atoms with Crippen LogP contribution in [0.3, 0.4) is 0 Å². The van der Waals surface area contributed by atoms with E-state index in [-0.39, 0.29) is 37.2 Å². The molecule has 0 radical (unpaired) electrons. The largest absolute Gasteiger partial charge is 0.503 e. The van der Waals surface area contributed by atoms with Gasteiger partial charge in [0.1, 0.15) is 22.8 Å². The van der Waals surface area contributed by atoms with Gasteiger partial charge < -0.3 is 19.9 Å². The van der Waals surface area contributed by atoms with Gasteiger partial charge in [-0.1, -0.05) is 6.07 Å². The lowest BCUT2D eigenvalue weighted by Gasteiger charge is -2.42. The number of aromatic nitrogens is 2. The number of fused-ring (bicyclic) bond motifs is 5. The molecule has 0 aliphatic carbocycles. The molecule has 2 N–H and O–H groups in total. The lowest BCUT2D eigenvalue weighted by molar-refractivity contribution is -0.218. The van der Waals surface area contributed by atoms with Crippen LogP contribution in [0.4, 0.5) is 8.78 Å². The second-order valence-electron chi connectivity index (χ2n) is 11.3. The van der Waals surface area contributed by atoms with Crippen LogP contribution in [-0.4, -0.2) is 60.5 Å². The van der Waals surface area contributed by atoms with Crippen molar-refractivity contribution in [3.05, 3.63) is 92.7 Å². The molecule has 11 nitrogen and oxygen atoms in total. The molecule has 2 fully saturated rings. The van der Waals surface area contributed by atoms with Gasteiger partial charge in [-0.3, -0.25) is 29.0 Å². The summed E-state index contributed by atoms with van der Waals surface area (Å²) in [7, 11) is 0. The number of amides is 3. The molecule has 3 aliphatic rings. The number of aryl methyl sites for hydroxylation is 1. The van der Waals surface area contributed by atoms with Gasteiger partial charge in [-0.25, -0.2) is 13.8 Å². The van der Waals surface area contributed by atoms with Crippen molar-refractivity contribution in [1.29, 1.82) is 0 Å². The van der Waals surface area contributed by atoms with E-state index in [1.165, 1.54) is 21.5 Å². The molecule has 1 spiro atoms. The first kappa shape index (κ1) is 28.5. The quantitative estimate of drug-likeness (QED) is 0.465. The van der Waals surface area contributed by atoms with Crippen molar-refractivity contribution in [2.75, 3.05) is 6.54 Å². The van der Waals surface area contributed by atoms with Crippen LogP contribution in [0.25, 0.3) is 0 Å². The predicted octanol–water partition coefficient (Wildman–Crippen LogP) is 2.75. The number of hydrogen-bond donors (Lipinski definition) is 2. The lowest BCUT2D eigenvalue weighted by atomic mass is 9.85. The van der Waals surface area contributed by atoms with Crippen LogP contribution in [0.1, 0.15) is 69.9 Å². The molecule has 43 heavy (non-hydrogen) atoms. The Morgan fingerprint density at radius 3 is 2.65 bits per heavy atom. The Labute approximate surface area is 244 Å². The summed E-state index contributed by atoms with van der Waals surface area (Å²) in [5.41, 5.74) is -2.54. The predicted molar refractivity (Wildman–Crippen MR) is 147 cm³/mol. The lowest BCUT2D eigenvalue weighted by Crippen LogP contribution is -2.52. The van der Waals surface area contributed by atoms with Crippen molar-refractivity contribution < 1.29 is 33.1 Å². The Balaban J connectivity index is 1.37. The van der Waals surface area contributed by atoms with E-state index in [0.29, 0.717) is 24.1 Å². The highest BCUT2D eigenvalue weighted by Crippen LogP contribution is 2.47. The van der Waals surface area contributed by atoms with E-state index in [1.807, 2.05) is 6.92 Å². The number of nitrogens with one attached hydrogen (secondary N) is 1. The molecule has 1 aromatic carbocycles. The summed E-state index contributed by atoms with van der Waals surface area (Å²) < 4.78 is 30.1. The molecule has 2 bridgehead atoms. The molecule has 3 atom stereocenters. The Morgan fingerprint density at radius 2 is 1.95 bits per heavy atom. The second kappa shape index (κ2) is 10.6. The summed E-state index contributed by atoms with van der Waals surface area (Å²) in [6.45, 7) is 2.99. The molecule has 0 saturated carbocycles. The molecular weight excluding hydrogens is 564 g/mol. The number of hydroxylamine groups is 2. The maximum absolute atomic E-state index is 14.4. The SMILES string of the molecule is Cc1cc(F)c(CNC(=O)c2cn3c(c(O)c2=O)C(=O)N2C[C@@H]3[C@]3(CC[C@@H]2C)CC(=O)N(Cc2ccccn2)O3)c(F)c1. The van der Waals surface area contributed by atoms with Gasteiger partial charge in [-0.2, -0.15) is 0 Å². The third kappa shape index (κ3) is 4.83. The average molecular weight is 594 g/mol. The van der Waals surface area contributed by atoms with Crippen molar-refractivity contribution in [3.8, 4) is 5.75 Å². The zero-order valence-corrected chi connectivity index (χ0v) is 23.5. The number of hydrogen-bond acceptors (Lipinski definition) is 7. The first-order chi connectivity index (χ1) is 20.5. The Bertz CT molecular complexity index is 1690. The highest BCUT2D eigenvalue weighted by Gasteiger charge is 2.56. The zero-order valence-electron chi connectivity index (χ0n) is 23.5. The van der Waals surface area contributed by atoms with Gasteiger partial charge in [-0.05, 0) is 56.5 Å². The first-order valence-electron chi connectivity index (χ1n) is 13.9. The number of benzene rings is 1. The molecule has 3 aromatic rings. The smallest absolute Gasteiger partial charge is 0.274 e. The van der Waals surface area contributed by atoms with Gasteiger partial charge in [0.05, 0.1) is 24.7 Å². The average Bonchev–Trinajstić information content (AvgIpc) is 3.22. The second-order valence-corrected chi connectivity index (χ2v) is 11.3. The van der Waals surface area contributed by atoms with Crippen LogP contribution in [0, 0.1) is 18.6 Å². The van der Waals surface area contributed by atoms with Crippen molar-refractivity contribution in [3.63, 3.8) is 0 Å². The topological polar surface area (TPSA) is 134 Å². The van der Waals surface area contributed by atoms with Crippen LogP contribution in [0.2, 0.25) is 0 Å². The monoisotopic (exact) mass is 593 g/mol. The molecule has 6 rings (SSSR count). The molecule has 2 saturated heterocycles. The van der Waals surface area contributed by atoms with Crippen LogP contribution in [0.15, 0.2) is 47.5 Å². The van der Waals surface area contributed by atoms with E-state index >= 15 is 0 Å². The normalized spacial score (nSPS) is 23.0. The molecule has 2 aromatic heterocycles. The van der Waals surface area contributed by atoms with Crippen molar-refractivity contribution in [1.82, 2.24) is 24.8 Å².